The molecule has 0 aliphatic rings. The molecule has 0 spiro atoms. The lowest BCUT2D eigenvalue weighted by Crippen LogP contribution is -2.12. The van der Waals surface area contributed by atoms with Crippen LogP contribution in [-0.4, -0.2) is 27.2 Å². The molecule has 0 aliphatic heterocycles. The van der Waals surface area contributed by atoms with Crippen LogP contribution in [0.25, 0.3) is 0 Å². The summed E-state index contributed by atoms with van der Waals surface area (Å²) in [6.07, 6.45) is 0. The van der Waals surface area contributed by atoms with E-state index in [9.17, 15) is 4.79 Å². The minimum Gasteiger partial charge on any atom is -0.493 e. The first-order valence-corrected chi connectivity index (χ1v) is 7.71. The van der Waals surface area contributed by atoms with Crippen molar-refractivity contribution in [1.82, 2.24) is 0 Å². The summed E-state index contributed by atoms with van der Waals surface area (Å²) >= 11 is 0. The monoisotopic (exact) mass is 329 g/mol. The SMILES string of the molecule is COc1cc(NC(=O)c2ccc(C(C)C)cc2)cc(OC)c1OC. The molecule has 2 aromatic rings. The minimum absolute atomic E-state index is 0.195. The van der Waals surface area contributed by atoms with E-state index in [-0.39, 0.29) is 5.91 Å². The second-order valence-corrected chi connectivity index (χ2v) is 5.64. The van der Waals surface area contributed by atoms with Gasteiger partial charge in [0, 0.05) is 23.4 Å². The molecule has 1 N–H and O–H groups in total. The highest BCUT2D eigenvalue weighted by atomic mass is 16.5. The third-order valence-corrected chi connectivity index (χ3v) is 3.76. The van der Waals surface area contributed by atoms with E-state index in [2.05, 4.69) is 19.2 Å². The van der Waals surface area contributed by atoms with Crippen molar-refractivity contribution in [2.24, 2.45) is 0 Å². The van der Waals surface area contributed by atoms with Crippen molar-refractivity contribution in [3.05, 3.63) is 47.5 Å². The van der Waals surface area contributed by atoms with E-state index in [4.69, 9.17) is 14.2 Å². The lowest BCUT2D eigenvalue weighted by molar-refractivity contribution is 0.102. The van der Waals surface area contributed by atoms with Crippen LogP contribution in [0, 0.1) is 0 Å². The Morgan fingerprint density at radius 2 is 1.46 bits per heavy atom. The Bertz CT molecular complexity index is 683. The topological polar surface area (TPSA) is 56.8 Å². The van der Waals surface area contributed by atoms with Gasteiger partial charge in [0.15, 0.2) is 11.5 Å². The van der Waals surface area contributed by atoms with E-state index in [1.165, 1.54) is 26.9 Å². The fourth-order valence-electron chi connectivity index (χ4n) is 2.38. The van der Waals surface area contributed by atoms with Gasteiger partial charge >= 0.3 is 0 Å². The summed E-state index contributed by atoms with van der Waals surface area (Å²) in [6.45, 7) is 4.23. The molecule has 2 aromatic carbocycles. The van der Waals surface area contributed by atoms with Gasteiger partial charge < -0.3 is 19.5 Å². The number of hydrogen-bond acceptors (Lipinski definition) is 4. The normalized spacial score (nSPS) is 10.4. The smallest absolute Gasteiger partial charge is 0.255 e. The molecule has 0 atom stereocenters. The molecule has 0 saturated carbocycles. The third kappa shape index (κ3) is 3.79. The largest absolute Gasteiger partial charge is 0.493 e. The summed E-state index contributed by atoms with van der Waals surface area (Å²) in [7, 11) is 4.61. The van der Waals surface area contributed by atoms with Crippen LogP contribution in [0.15, 0.2) is 36.4 Å². The Labute approximate surface area is 142 Å². The lowest BCUT2D eigenvalue weighted by Gasteiger charge is -2.14. The van der Waals surface area contributed by atoms with Gasteiger partial charge in [0.25, 0.3) is 5.91 Å². The van der Waals surface area contributed by atoms with E-state index in [0.29, 0.717) is 34.4 Å². The van der Waals surface area contributed by atoms with Gasteiger partial charge in [0.1, 0.15) is 0 Å². The van der Waals surface area contributed by atoms with Gasteiger partial charge in [0.05, 0.1) is 21.3 Å². The van der Waals surface area contributed by atoms with Crippen molar-refractivity contribution >= 4 is 11.6 Å². The molecule has 0 aromatic heterocycles. The molecule has 0 unspecified atom stereocenters. The van der Waals surface area contributed by atoms with Crippen LogP contribution in [0.1, 0.15) is 35.7 Å². The maximum Gasteiger partial charge on any atom is 0.255 e. The van der Waals surface area contributed by atoms with Crippen molar-refractivity contribution in [2.75, 3.05) is 26.6 Å². The second-order valence-electron chi connectivity index (χ2n) is 5.64. The first-order valence-electron chi connectivity index (χ1n) is 7.71. The Hall–Kier alpha value is -2.69. The van der Waals surface area contributed by atoms with Gasteiger partial charge in [-0.3, -0.25) is 4.79 Å². The van der Waals surface area contributed by atoms with Gasteiger partial charge in [0.2, 0.25) is 5.75 Å². The van der Waals surface area contributed by atoms with Gasteiger partial charge in [-0.1, -0.05) is 26.0 Å². The first kappa shape index (κ1) is 17.7. The van der Waals surface area contributed by atoms with Crippen LogP contribution in [0.2, 0.25) is 0 Å². The van der Waals surface area contributed by atoms with Crippen LogP contribution in [-0.2, 0) is 0 Å². The number of carbonyl (C=O) groups excluding carboxylic acids is 1. The Kier molecular flexibility index (Phi) is 5.68. The zero-order valence-corrected chi connectivity index (χ0v) is 14.7. The highest BCUT2D eigenvalue weighted by molar-refractivity contribution is 6.04. The van der Waals surface area contributed by atoms with E-state index in [1.807, 2.05) is 24.3 Å². The molecule has 0 bridgehead atoms. The minimum atomic E-state index is -0.195. The van der Waals surface area contributed by atoms with Crippen molar-refractivity contribution in [3.8, 4) is 17.2 Å². The number of rotatable bonds is 6. The highest BCUT2D eigenvalue weighted by Gasteiger charge is 2.15. The number of hydrogen-bond donors (Lipinski definition) is 1. The van der Waals surface area contributed by atoms with E-state index >= 15 is 0 Å². The standard InChI is InChI=1S/C19H23NO4/c1-12(2)13-6-8-14(9-7-13)19(21)20-15-10-16(22-3)18(24-5)17(11-15)23-4/h6-12H,1-5H3,(H,20,21). The molecule has 128 valence electrons. The van der Waals surface area contributed by atoms with E-state index < -0.39 is 0 Å². The molecule has 24 heavy (non-hydrogen) atoms. The fourth-order valence-corrected chi connectivity index (χ4v) is 2.38. The molecule has 5 nitrogen and oxygen atoms in total. The molecule has 0 fully saturated rings. The number of methoxy groups -OCH3 is 3. The first-order chi connectivity index (χ1) is 11.5. The van der Waals surface area contributed by atoms with Crippen LogP contribution >= 0.6 is 0 Å². The average Bonchev–Trinajstić information content (AvgIpc) is 2.60. The molecule has 0 heterocycles. The van der Waals surface area contributed by atoms with Crippen molar-refractivity contribution in [2.45, 2.75) is 19.8 Å². The summed E-state index contributed by atoms with van der Waals surface area (Å²) in [6, 6.07) is 11.0. The molecule has 5 heteroatoms. The fraction of sp³-hybridized carbons (Fsp3) is 0.316. The summed E-state index contributed by atoms with van der Waals surface area (Å²) in [5.74, 6) is 1.70. The number of carbonyl (C=O) groups is 1. The number of benzene rings is 2. The van der Waals surface area contributed by atoms with Gasteiger partial charge in [-0.25, -0.2) is 0 Å². The van der Waals surface area contributed by atoms with Crippen LogP contribution < -0.4 is 19.5 Å². The summed E-state index contributed by atoms with van der Waals surface area (Å²) in [5.41, 5.74) is 2.36. The number of amides is 1. The summed E-state index contributed by atoms with van der Waals surface area (Å²) in [4.78, 5) is 12.4. The predicted molar refractivity (Wildman–Crippen MR) is 94.6 cm³/mol. The Balaban J connectivity index is 2.25. The lowest BCUT2D eigenvalue weighted by atomic mass is 10.0. The molecule has 0 saturated heterocycles. The van der Waals surface area contributed by atoms with E-state index in [0.717, 1.165) is 0 Å². The van der Waals surface area contributed by atoms with Gasteiger partial charge in [-0.05, 0) is 23.6 Å². The molecular formula is C19H23NO4. The zero-order chi connectivity index (χ0) is 17.7. The second kappa shape index (κ2) is 7.73. The number of nitrogens with one attached hydrogen (secondary N) is 1. The van der Waals surface area contributed by atoms with Gasteiger partial charge in [-0.2, -0.15) is 0 Å². The zero-order valence-electron chi connectivity index (χ0n) is 14.7. The van der Waals surface area contributed by atoms with Crippen LogP contribution in [0.4, 0.5) is 5.69 Å². The average molecular weight is 329 g/mol. The summed E-state index contributed by atoms with van der Waals surface area (Å²) in [5, 5.41) is 2.85. The maximum atomic E-state index is 12.4. The van der Waals surface area contributed by atoms with Crippen molar-refractivity contribution in [1.29, 1.82) is 0 Å². The molecule has 0 radical (unpaired) electrons. The van der Waals surface area contributed by atoms with Crippen LogP contribution in [0.3, 0.4) is 0 Å². The van der Waals surface area contributed by atoms with Gasteiger partial charge in [-0.15, -0.1) is 0 Å². The van der Waals surface area contributed by atoms with Crippen molar-refractivity contribution in [3.63, 3.8) is 0 Å². The van der Waals surface area contributed by atoms with Crippen molar-refractivity contribution < 1.29 is 19.0 Å². The third-order valence-electron chi connectivity index (χ3n) is 3.76. The Morgan fingerprint density at radius 3 is 1.88 bits per heavy atom. The predicted octanol–water partition coefficient (Wildman–Crippen LogP) is 4.09. The Morgan fingerprint density at radius 1 is 0.917 bits per heavy atom. The quantitative estimate of drug-likeness (QED) is 0.867. The highest BCUT2D eigenvalue weighted by Crippen LogP contribution is 2.40. The number of ether oxygens (including phenoxy) is 3. The molecule has 2 rings (SSSR count). The maximum absolute atomic E-state index is 12.4. The molecule has 1 amide bonds. The molecule has 0 aliphatic carbocycles. The van der Waals surface area contributed by atoms with E-state index in [1.54, 1.807) is 12.1 Å². The molecular weight excluding hydrogens is 306 g/mol. The summed E-state index contributed by atoms with van der Waals surface area (Å²) < 4.78 is 15.9. The van der Waals surface area contributed by atoms with Crippen LogP contribution in [0.5, 0.6) is 17.2 Å². The number of anilines is 1.